The van der Waals surface area contributed by atoms with Crippen molar-refractivity contribution in [3.8, 4) is 11.3 Å². The molecular weight excluding hydrogens is 310 g/mol. The van der Waals surface area contributed by atoms with Gasteiger partial charge >= 0.3 is 0 Å². The maximum atomic E-state index is 5.83. The molecule has 3 heterocycles. The molecule has 2 aliphatic rings. The van der Waals surface area contributed by atoms with Gasteiger partial charge in [-0.25, -0.2) is 0 Å². The number of rotatable bonds is 3. The van der Waals surface area contributed by atoms with Crippen molar-refractivity contribution in [2.75, 3.05) is 19.7 Å². The predicted octanol–water partition coefficient (Wildman–Crippen LogP) is 3.77. The lowest BCUT2D eigenvalue weighted by Gasteiger charge is -2.29. The minimum atomic E-state index is 0.412. The Morgan fingerprint density at radius 2 is 2.08 bits per heavy atom. The van der Waals surface area contributed by atoms with Crippen LogP contribution in [0.15, 0.2) is 42.5 Å². The smallest absolute Gasteiger partial charge is 0.0974 e. The molecule has 1 atom stereocenters. The Kier molecular flexibility index (Phi) is 3.80. The average molecular weight is 333 g/mol. The molecule has 1 fully saturated rings. The predicted molar refractivity (Wildman–Crippen MR) is 99.5 cm³/mol. The summed E-state index contributed by atoms with van der Waals surface area (Å²) in [4.78, 5) is 2.53. The van der Waals surface area contributed by atoms with Crippen LogP contribution in [0.5, 0.6) is 0 Å². The molecule has 4 heteroatoms. The topological polar surface area (TPSA) is 41.2 Å². The summed E-state index contributed by atoms with van der Waals surface area (Å²) in [7, 11) is 0. The Bertz CT molecular complexity index is 890. The Morgan fingerprint density at radius 3 is 3.00 bits per heavy atom. The molecule has 0 amide bonds. The van der Waals surface area contributed by atoms with Crippen LogP contribution in [0.4, 0.5) is 0 Å². The van der Waals surface area contributed by atoms with Crippen LogP contribution in [0.3, 0.4) is 0 Å². The zero-order chi connectivity index (χ0) is 16.6. The Labute approximate surface area is 147 Å². The molecule has 1 saturated heterocycles. The second kappa shape index (κ2) is 6.28. The normalized spacial score (nSPS) is 20.9. The summed E-state index contributed by atoms with van der Waals surface area (Å²) in [5.74, 6) is 0. The zero-order valence-electron chi connectivity index (χ0n) is 14.4. The van der Waals surface area contributed by atoms with Crippen LogP contribution in [0, 0.1) is 0 Å². The number of nitrogens with one attached hydrogen (secondary N) is 1. The molecule has 128 valence electrons. The molecule has 0 radical (unpaired) electrons. The molecule has 3 aromatic rings. The molecule has 0 saturated carbocycles. The summed E-state index contributed by atoms with van der Waals surface area (Å²) < 4.78 is 5.83. The summed E-state index contributed by atoms with van der Waals surface area (Å²) in [5, 5.41) is 10.5. The molecule has 1 aromatic heterocycles. The SMILES string of the molecule is c1ccc2c(-c3n[nH]c4c3CN(CC3CCCO3)CC4)cccc2c1. The van der Waals surface area contributed by atoms with Crippen LogP contribution >= 0.6 is 0 Å². The van der Waals surface area contributed by atoms with Crippen molar-refractivity contribution >= 4 is 10.8 Å². The second-order valence-corrected chi connectivity index (χ2v) is 7.18. The van der Waals surface area contributed by atoms with Gasteiger partial charge in [0.2, 0.25) is 0 Å². The van der Waals surface area contributed by atoms with Gasteiger partial charge in [0, 0.05) is 49.5 Å². The van der Waals surface area contributed by atoms with E-state index in [0.717, 1.165) is 38.4 Å². The molecule has 0 bridgehead atoms. The second-order valence-electron chi connectivity index (χ2n) is 7.18. The molecule has 2 aliphatic heterocycles. The number of H-pyrrole nitrogens is 1. The largest absolute Gasteiger partial charge is 0.377 e. The first-order valence-corrected chi connectivity index (χ1v) is 9.27. The van der Waals surface area contributed by atoms with Crippen LogP contribution in [0.2, 0.25) is 0 Å². The minimum absolute atomic E-state index is 0.412. The highest BCUT2D eigenvalue weighted by Gasteiger charge is 2.26. The van der Waals surface area contributed by atoms with E-state index < -0.39 is 0 Å². The van der Waals surface area contributed by atoms with Crippen LogP contribution in [0.25, 0.3) is 22.0 Å². The van der Waals surface area contributed by atoms with Crippen LogP contribution in [-0.4, -0.2) is 40.9 Å². The van der Waals surface area contributed by atoms with Gasteiger partial charge in [-0.1, -0.05) is 42.5 Å². The standard InChI is InChI=1S/C21H23N3O/c1-2-8-17-15(5-1)6-3-9-18(17)21-19-14-24(11-10-20(19)22-23-21)13-16-7-4-12-25-16/h1-3,5-6,8-9,16H,4,7,10-14H2,(H,22,23). The van der Waals surface area contributed by atoms with Crippen LogP contribution < -0.4 is 0 Å². The third-order valence-electron chi connectivity index (χ3n) is 5.54. The highest BCUT2D eigenvalue weighted by molar-refractivity contribution is 5.96. The van der Waals surface area contributed by atoms with Crippen molar-refractivity contribution in [2.24, 2.45) is 0 Å². The van der Waals surface area contributed by atoms with Crippen LogP contribution in [0.1, 0.15) is 24.1 Å². The highest BCUT2D eigenvalue weighted by Crippen LogP contribution is 2.33. The first-order chi connectivity index (χ1) is 12.4. The fourth-order valence-electron chi connectivity index (χ4n) is 4.24. The van der Waals surface area contributed by atoms with E-state index in [1.807, 2.05) is 0 Å². The van der Waals surface area contributed by atoms with E-state index in [0.29, 0.717) is 6.10 Å². The highest BCUT2D eigenvalue weighted by atomic mass is 16.5. The summed E-state index contributed by atoms with van der Waals surface area (Å²) in [6.07, 6.45) is 3.86. The quantitative estimate of drug-likeness (QED) is 0.793. The van der Waals surface area contributed by atoms with Gasteiger partial charge < -0.3 is 4.74 Å². The number of hydrogen-bond donors (Lipinski definition) is 1. The maximum absolute atomic E-state index is 5.83. The fraction of sp³-hybridized carbons (Fsp3) is 0.381. The van der Waals surface area contributed by atoms with Gasteiger partial charge in [0.25, 0.3) is 0 Å². The molecule has 25 heavy (non-hydrogen) atoms. The number of nitrogens with zero attached hydrogens (tertiary/aromatic N) is 2. The van der Waals surface area contributed by atoms with Gasteiger partial charge in [-0.05, 0) is 23.6 Å². The van der Waals surface area contributed by atoms with E-state index >= 15 is 0 Å². The van der Waals surface area contributed by atoms with E-state index in [-0.39, 0.29) is 0 Å². The molecule has 1 N–H and O–H groups in total. The van der Waals surface area contributed by atoms with Crippen molar-refractivity contribution in [1.82, 2.24) is 15.1 Å². The molecule has 4 nitrogen and oxygen atoms in total. The maximum Gasteiger partial charge on any atom is 0.0974 e. The first-order valence-electron chi connectivity index (χ1n) is 9.27. The number of fused-ring (bicyclic) bond motifs is 2. The summed E-state index contributed by atoms with van der Waals surface area (Å²) in [5.41, 5.74) is 5.01. The van der Waals surface area contributed by atoms with Gasteiger partial charge in [-0.15, -0.1) is 0 Å². The lowest BCUT2D eigenvalue weighted by molar-refractivity contribution is 0.0687. The average Bonchev–Trinajstić information content (AvgIpc) is 3.31. The number of hydrogen-bond acceptors (Lipinski definition) is 3. The monoisotopic (exact) mass is 333 g/mol. The first kappa shape index (κ1) is 15.1. The Balaban J connectivity index is 1.49. The lowest BCUT2D eigenvalue weighted by atomic mass is 9.96. The van der Waals surface area contributed by atoms with Crippen molar-refractivity contribution < 1.29 is 4.74 Å². The molecule has 1 unspecified atom stereocenters. The Hall–Kier alpha value is -2.17. The Morgan fingerprint density at radius 1 is 1.16 bits per heavy atom. The zero-order valence-corrected chi connectivity index (χ0v) is 14.4. The number of aromatic amines is 1. The number of aromatic nitrogens is 2. The third-order valence-corrected chi connectivity index (χ3v) is 5.54. The third kappa shape index (κ3) is 2.75. The minimum Gasteiger partial charge on any atom is -0.377 e. The fourth-order valence-corrected chi connectivity index (χ4v) is 4.24. The van der Waals surface area contributed by atoms with Crippen molar-refractivity contribution in [1.29, 1.82) is 0 Å². The molecule has 0 aliphatic carbocycles. The van der Waals surface area contributed by atoms with Gasteiger partial charge in [-0.3, -0.25) is 10.00 Å². The van der Waals surface area contributed by atoms with Crippen molar-refractivity contribution in [3.05, 3.63) is 53.7 Å². The summed E-state index contributed by atoms with van der Waals surface area (Å²) in [6.45, 7) is 4.02. The molecular formula is C21H23N3O. The molecule has 2 aromatic carbocycles. The van der Waals surface area contributed by atoms with Crippen molar-refractivity contribution in [2.45, 2.75) is 31.9 Å². The van der Waals surface area contributed by atoms with Gasteiger partial charge in [0.05, 0.1) is 11.8 Å². The van der Waals surface area contributed by atoms with Gasteiger partial charge in [0.15, 0.2) is 0 Å². The van der Waals surface area contributed by atoms with Crippen LogP contribution in [-0.2, 0) is 17.7 Å². The number of benzene rings is 2. The van der Waals surface area contributed by atoms with Gasteiger partial charge in [-0.2, -0.15) is 5.10 Å². The van der Waals surface area contributed by atoms with E-state index in [1.54, 1.807) is 0 Å². The summed E-state index contributed by atoms with van der Waals surface area (Å²) >= 11 is 0. The lowest BCUT2D eigenvalue weighted by Crippen LogP contribution is -2.36. The molecule has 0 spiro atoms. The van der Waals surface area contributed by atoms with Crippen molar-refractivity contribution in [3.63, 3.8) is 0 Å². The van der Waals surface area contributed by atoms with E-state index in [4.69, 9.17) is 9.84 Å². The molecule has 5 rings (SSSR count). The van der Waals surface area contributed by atoms with E-state index in [9.17, 15) is 0 Å². The number of ether oxygens (including phenoxy) is 1. The van der Waals surface area contributed by atoms with E-state index in [1.165, 1.54) is 40.4 Å². The van der Waals surface area contributed by atoms with Gasteiger partial charge in [0.1, 0.15) is 0 Å². The summed E-state index contributed by atoms with van der Waals surface area (Å²) in [6, 6.07) is 15.1. The van der Waals surface area contributed by atoms with E-state index in [2.05, 4.69) is 52.5 Å².